The first kappa shape index (κ1) is 14.6. The van der Waals surface area contributed by atoms with Crippen molar-refractivity contribution in [1.82, 2.24) is 9.96 Å². The number of hydrogen-bond donors (Lipinski definition) is 0. The topological polar surface area (TPSA) is 49.9 Å². The third-order valence-corrected chi connectivity index (χ3v) is 4.53. The average molecular weight is 322 g/mol. The number of amides is 2. The highest BCUT2D eigenvalue weighted by atomic mass is 19.1. The number of benzene rings is 1. The average Bonchev–Trinajstić information content (AvgIpc) is 3.19. The van der Waals surface area contributed by atoms with E-state index < -0.39 is 23.1 Å². The van der Waals surface area contributed by atoms with Crippen LogP contribution < -0.4 is 0 Å². The molecule has 2 amide bonds. The highest BCUT2D eigenvalue weighted by Crippen LogP contribution is 2.39. The molecule has 4 rings (SSSR count). The minimum Gasteiger partial charge on any atom is -0.332 e. The fraction of sp³-hybridized carbons (Fsp3) is 0.500. The van der Waals surface area contributed by atoms with Gasteiger partial charge in [-0.3, -0.25) is 14.4 Å². The van der Waals surface area contributed by atoms with Gasteiger partial charge >= 0.3 is 0 Å². The van der Waals surface area contributed by atoms with Crippen molar-refractivity contribution in [2.45, 2.75) is 24.9 Å². The zero-order valence-corrected chi connectivity index (χ0v) is 12.4. The molecule has 0 N–H and O–H groups in total. The van der Waals surface area contributed by atoms with Crippen LogP contribution in [-0.4, -0.2) is 47.0 Å². The van der Waals surface area contributed by atoms with Crippen LogP contribution in [0.15, 0.2) is 18.2 Å². The molecule has 3 aliphatic rings. The predicted molar refractivity (Wildman–Crippen MR) is 75.1 cm³/mol. The number of halogens is 2. The number of carbonyl (C=O) groups is 2. The van der Waals surface area contributed by atoms with Crippen molar-refractivity contribution < 1.29 is 23.2 Å². The third kappa shape index (κ3) is 2.69. The smallest absolute Gasteiger partial charge is 0.254 e. The van der Waals surface area contributed by atoms with Crippen LogP contribution in [0.2, 0.25) is 0 Å². The molecule has 0 aromatic heterocycles. The number of hydrogen-bond acceptors (Lipinski definition) is 3. The van der Waals surface area contributed by atoms with E-state index >= 15 is 0 Å². The Morgan fingerprint density at radius 2 is 1.87 bits per heavy atom. The molecule has 23 heavy (non-hydrogen) atoms. The Morgan fingerprint density at radius 3 is 2.48 bits per heavy atom. The summed E-state index contributed by atoms with van der Waals surface area (Å²) in [6.07, 6.45) is 2.49. The van der Waals surface area contributed by atoms with Crippen LogP contribution in [0.3, 0.4) is 0 Å². The van der Waals surface area contributed by atoms with Crippen molar-refractivity contribution in [1.29, 1.82) is 0 Å². The van der Waals surface area contributed by atoms with Gasteiger partial charge in [0.25, 0.3) is 5.91 Å². The lowest BCUT2D eigenvalue weighted by molar-refractivity contribution is -0.230. The van der Waals surface area contributed by atoms with Gasteiger partial charge in [-0.2, -0.15) is 0 Å². The van der Waals surface area contributed by atoms with Gasteiger partial charge in [-0.15, -0.1) is 0 Å². The van der Waals surface area contributed by atoms with Gasteiger partial charge in [0.05, 0.1) is 26.1 Å². The molecule has 1 aromatic rings. The van der Waals surface area contributed by atoms with E-state index in [0.29, 0.717) is 12.5 Å². The van der Waals surface area contributed by atoms with Crippen LogP contribution in [-0.2, 0) is 9.63 Å². The monoisotopic (exact) mass is 322 g/mol. The van der Waals surface area contributed by atoms with Crippen LogP contribution in [0.5, 0.6) is 0 Å². The molecule has 0 atom stereocenters. The first-order chi connectivity index (χ1) is 10.9. The standard InChI is InChI=1S/C16H16F2N2O3/c17-12-3-11(4-13(18)5-12)15(22)19-8-16(9-19)6-14(21)20(23-16)7-10-1-2-10/h3-5,10H,1-2,6-9H2. The van der Waals surface area contributed by atoms with Crippen LogP contribution in [0.1, 0.15) is 29.6 Å². The van der Waals surface area contributed by atoms with E-state index in [4.69, 9.17) is 4.84 Å². The summed E-state index contributed by atoms with van der Waals surface area (Å²) in [6, 6.07) is 2.75. The second-order valence-electron chi connectivity index (χ2n) is 6.67. The lowest BCUT2D eigenvalue weighted by Gasteiger charge is -2.45. The molecule has 3 fully saturated rings. The molecule has 122 valence electrons. The lowest BCUT2D eigenvalue weighted by atomic mass is 9.90. The molecule has 0 unspecified atom stereocenters. The quantitative estimate of drug-likeness (QED) is 0.852. The van der Waals surface area contributed by atoms with E-state index in [1.807, 2.05) is 0 Å². The molecule has 1 spiro atoms. The molecular weight excluding hydrogens is 306 g/mol. The number of rotatable bonds is 3. The van der Waals surface area contributed by atoms with E-state index in [2.05, 4.69) is 0 Å². The Kier molecular flexibility index (Phi) is 3.16. The minimum absolute atomic E-state index is 0.0310. The van der Waals surface area contributed by atoms with Gasteiger partial charge in [0.1, 0.15) is 17.2 Å². The van der Waals surface area contributed by atoms with E-state index in [0.717, 1.165) is 31.0 Å². The van der Waals surface area contributed by atoms with Crippen molar-refractivity contribution in [3.63, 3.8) is 0 Å². The molecule has 2 heterocycles. The fourth-order valence-corrected chi connectivity index (χ4v) is 3.18. The van der Waals surface area contributed by atoms with Gasteiger partial charge in [0.2, 0.25) is 5.91 Å². The predicted octanol–water partition coefficient (Wildman–Crippen LogP) is 1.73. The third-order valence-electron chi connectivity index (χ3n) is 4.53. The minimum atomic E-state index is -0.786. The maximum Gasteiger partial charge on any atom is 0.254 e. The lowest BCUT2D eigenvalue weighted by Crippen LogP contribution is -2.63. The molecule has 7 heteroatoms. The number of hydroxylamine groups is 2. The maximum absolute atomic E-state index is 13.2. The zero-order chi connectivity index (χ0) is 16.2. The Morgan fingerprint density at radius 1 is 1.22 bits per heavy atom. The van der Waals surface area contributed by atoms with Crippen molar-refractivity contribution in [3.8, 4) is 0 Å². The first-order valence-corrected chi connectivity index (χ1v) is 7.69. The highest BCUT2D eigenvalue weighted by molar-refractivity contribution is 5.95. The van der Waals surface area contributed by atoms with E-state index in [1.165, 1.54) is 9.96 Å². The summed E-state index contributed by atoms with van der Waals surface area (Å²) in [5.41, 5.74) is -0.690. The maximum atomic E-state index is 13.2. The van der Waals surface area contributed by atoms with Gasteiger partial charge in [-0.05, 0) is 30.9 Å². The van der Waals surface area contributed by atoms with Crippen molar-refractivity contribution >= 4 is 11.8 Å². The Balaban J connectivity index is 1.40. The van der Waals surface area contributed by atoms with Crippen LogP contribution in [0, 0.1) is 17.6 Å². The molecule has 1 aliphatic carbocycles. The molecule has 5 nitrogen and oxygen atoms in total. The van der Waals surface area contributed by atoms with Gasteiger partial charge < -0.3 is 4.90 Å². The Labute approximate surface area is 131 Å². The van der Waals surface area contributed by atoms with E-state index in [1.54, 1.807) is 0 Å². The van der Waals surface area contributed by atoms with Gasteiger partial charge in [-0.25, -0.2) is 13.8 Å². The molecule has 1 saturated carbocycles. The summed E-state index contributed by atoms with van der Waals surface area (Å²) in [7, 11) is 0. The molecule has 0 bridgehead atoms. The summed E-state index contributed by atoms with van der Waals surface area (Å²) < 4.78 is 26.4. The van der Waals surface area contributed by atoms with Crippen molar-refractivity contribution in [3.05, 3.63) is 35.4 Å². The number of nitrogens with zero attached hydrogens (tertiary/aromatic N) is 2. The van der Waals surface area contributed by atoms with Crippen molar-refractivity contribution in [2.24, 2.45) is 5.92 Å². The number of carbonyl (C=O) groups excluding carboxylic acids is 2. The van der Waals surface area contributed by atoms with E-state index in [9.17, 15) is 18.4 Å². The summed E-state index contributed by atoms with van der Waals surface area (Å²) in [4.78, 5) is 31.4. The normalized spacial score (nSPS) is 22.6. The van der Waals surface area contributed by atoms with Crippen LogP contribution in [0.4, 0.5) is 8.78 Å². The largest absolute Gasteiger partial charge is 0.332 e. The molecular formula is C16H16F2N2O3. The summed E-state index contributed by atoms with van der Waals surface area (Å²) in [6.45, 7) is 1.14. The van der Waals surface area contributed by atoms with Gasteiger partial charge in [0.15, 0.2) is 0 Å². The molecule has 1 aromatic carbocycles. The molecule has 0 radical (unpaired) electrons. The Bertz CT molecular complexity index is 664. The van der Waals surface area contributed by atoms with Crippen molar-refractivity contribution in [2.75, 3.05) is 19.6 Å². The number of likely N-dealkylation sites (tertiary alicyclic amines) is 1. The van der Waals surface area contributed by atoms with E-state index in [-0.39, 0.29) is 31.0 Å². The van der Waals surface area contributed by atoms with Crippen LogP contribution in [0.25, 0.3) is 0 Å². The second-order valence-corrected chi connectivity index (χ2v) is 6.67. The van der Waals surface area contributed by atoms with Gasteiger partial charge in [-0.1, -0.05) is 0 Å². The molecule has 2 aliphatic heterocycles. The summed E-state index contributed by atoms with van der Waals surface area (Å²) in [5, 5.41) is 1.42. The summed E-state index contributed by atoms with van der Waals surface area (Å²) in [5.74, 6) is -1.55. The molecule has 2 saturated heterocycles. The SMILES string of the molecule is O=C(c1cc(F)cc(F)c1)N1CC2(CC(=O)N(CC3CC3)O2)C1. The van der Waals surface area contributed by atoms with Gasteiger partial charge in [0, 0.05) is 11.6 Å². The second kappa shape index (κ2) is 4.99. The zero-order valence-electron chi connectivity index (χ0n) is 12.4. The first-order valence-electron chi connectivity index (χ1n) is 7.69. The highest BCUT2D eigenvalue weighted by Gasteiger charge is 2.55. The van der Waals surface area contributed by atoms with Crippen LogP contribution >= 0.6 is 0 Å². The Hall–Kier alpha value is -2.02. The summed E-state index contributed by atoms with van der Waals surface area (Å²) >= 11 is 0. The fourth-order valence-electron chi connectivity index (χ4n) is 3.18.